The molecule has 158 valence electrons. The fraction of sp³-hybridized carbons (Fsp3) is 0.733. The molecule has 12 heteroatoms. The second-order valence-electron chi connectivity index (χ2n) is 5.82. The van der Waals surface area contributed by atoms with Gasteiger partial charge in [0.15, 0.2) is 0 Å². The van der Waals surface area contributed by atoms with Crippen LogP contribution in [0.1, 0.15) is 26.7 Å². The first-order valence-electron chi connectivity index (χ1n) is 7.81. The molecule has 0 heterocycles. The van der Waals surface area contributed by atoms with Crippen molar-refractivity contribution >= 4 is 81.4 Å². The Kier molecular flexibility index (Phi) is 11.7. The van der Waals surface area contributed by atoms with Gasteiger partial charge in [0.25, 0.3) is 19.4 Å². The van der Waals surface area contributed by atoms with Crippen molar-refractivity contribution < 1.29 is 19.4 Å². The van der Waals surface area contributed by atoms with E-state index in [0.29, 0.717) is 12.8 Å². The second-order valence-corrected chi connectivity index (χ2v) is 10.4. The molecule has 0 aromatic rings. The maximum Gasteiger partial charge on any atom is 0.272 e. The molecule has 2 amide bonds. The van der Waals surface area contributed by atoms with Crippen molar-refractivity contribution in [2.45, 2.75) is 52.0 Å². The van der Waals surface area contributed by atoms with E-state index in [0.717, 1.165) is 0 Å². The van der Waals surface area contributed by atoms with Crippen LogP contribution in [-0.4, -0.2) is 55.9 Å². The van der Waals surface area contributed by atoms with E-state index in [1.54, 1.807) is 6.92 Å². The van der Waals surface area contributed by atoms with Crippen molar-refractivity contribution in [1.82, 2.24) is 10.6 Å². The van der Waals surface area contributed by atoms with Crippen LogP contribution in [-0.2, 0) is 14.3 Å². The summed E-state index contributed by atoms with van der Waals surface area (Å²) in [6.07, 6.45) is 3.92. The molecule has 3 N–H and O–H groups in total. The summed E-state index contributed by atoms with van der Waals surface area (Å²) in [6.45, 7) is 3.29. The van der Waals surface area contributed by atoms with Crippen LogP contribution in [0.25, 0.3) is 0 Å². The third kappa shape index (κ3) is 9.13. The molecular formula is C15H22Cl6N2O4. The Morgan fingerprint density at radius 1 is 1.07 bits per heavy atom. The van der Waals surface area contributed by atoms with Crippen molar-refractivity contribution in [1.29, 1.82) is 0 Å². The molecule has 0 aromatic heterocycles. The Balaban J connectivity index is 6.06. The third-order valence-corrected chi connectivity index (χ3v) is 4.81. The normalized spacial score (nSPS) is 17.3. The van der Waals surface area contributed by atoms with E-state index < -0.39 is 37.1 Å². The summed E-state index contributed by atoms with van der Waals surface area (Å²) in [4.78, 5) is 24.4. The minimum absolute atomic E-state index is 0.331. The quantitative estimate of drug-likeness (QED) is 0.330. The summed E-state index contributed by atoms with van der Waals surface area (Å²) in [6, 6.07) is -1.88. The van der Waals surface area contributed by atoms with Crippen molar-refractivity contribution in [3.05, 3.63) is 12.2 Å². The molecule has 0 aliphatic heterocycles. The molecule has 0 spiro atoms. The Morgan fingerprint density at radius 3 is 1.93 bits per heavy atom. The van der Waals surface area contributed by atoms with Gasteiger partial charge in [0, 0.05) is 7.11 Å². The molecule has 0 saturated carbocycles. The summed E-state index contributed by atoms with van der Waals surface area (Å²) in [7, 11) is 1.44. The molecule has 0 unspecified atom stereocenters. The van der Waals surface area contributed by atoms with Crippen molar-refractivity contribution in [3.8, 4) is 0 Å². The molecule has 0 saturated heterocycles. The molecule has 0 radical (unpaired) electrons. The number of alkyl halides is 6. The van der Waals surface area contributed by atoms with Gasteiger partial charge in [-0.3, -0.25) is 9.59 Å². The molecule has 0 aliphatic rings. The summed E-state index contributed by atoms with van der Waals surface area (Å²) in [5.74, 6) is -1.87. The Hall–Kier alpha value is 0.340. The minimum atomic E-state index is -2.25. The molecule has 3 atom stereocenters. The first-order chi connectivity index (χ1) is 12.2. The van der Waals surface area contributed by atoms with Gasteiger partial charge in [-0.15, -0.1) is 0 Å². The zero-order valence-electron chi connectivity index (χ0n) is 14.9. The van der Waals surface area contributed by atoms with Crippen molar-refractivity contribution in [3.63, 3.8) is 0 Å². The highest BCUT2D eigenvalue weighted by Crippen LogP contribution is 2.31. The topological polar surface area (TPSA) is 87.7 Å². The predicted octanol–water partition coefficient (Wildman–Crippen LogP) is 3.45. The third-order valence-electron chi connectivity index (χ3n) is 3.78. The average Bonchev–Trinajstić information content (AvgIpc) is 2.54. The smallest absolute Gasteiger partial charge is 0.272 e. The molecule has 27 heavy (non-hydrogen) atoms. The van der Waals surface area contributed by atoms with E-state index in [1.165, 1.54) is 19.3 Å². The van der Waals surface area contributed by atoms with Gasteiger partial charge in [-0.05, 0) is 13.3 Å². The number of carbonyl (C=O) groups is 2. The lowest BCUT2D eigenvalue weighted by Gasteiger charge is -2.41. The number of methoxy groups -OCH3 is 1. The van der Waals surface area contributed by atoms with Crippen LogP contribution in [0, 0.1) is 0 Å². The highest BCUT2D eigenvalue weighted by molar-refractivity contribution is 6.76. The van der Waals surface area contributed by atoms with Gasteiger partial charge in [0.1, 0.15) is 0 Å². The highest BCUT2D eigenvalue weighted by Gasteiger charge is 2.44. The second kappa shape index (κ2) is 11.5. The molecule has 0 aliphatic carbocycles. The van der Waals surface area contributed by atoms with E-state index in [2.05, 4.69) is 10.6 Å². The van der Waals surface area contributed by atoms with Crippen LogP contribution >= 0.6 is 69.6 Å². The van der Waals surface area contributed by atoms with Gasteiger partial charge < -0.3 is 20.5 Å². The largest absolute Gasteiger partial charge is 0.392 e. The van der Waals surface area contributed by atoms with E-state index in [1.807, 2.05) is 6.92 Å². The number of amides is 2. The van der Waals surface area contributed by atoms with Crippen LogP contribution in [0.4, 0.5) is 0 Å². The van der Waals surface area contributed by atoms with Crippen molar-refractivity contribution in [2.24, 2.45) is 0 Å². The number of rotatable bonds is 9. The van der Waals surface area contributed by atoms with Gasteiger partial charge >= 0.3 is 0 Å². The van der Waals surface area contributed by atoms with Crippen LogP contribution < -0.4 is 10.6 Å². The Labute approximate surface area is 188 Å². The zero-order chi connectivity index (χ0) is 21.5. The van der Waals surface area contributed by atoms with Gasteiger partial charge in [0.2, 0.25) is 0 Å². The monoisotopic (exact) mass is 504 g/mol. The lowest BCUT2D eigenvalue weighted by atomic mass is 9.85. The van der Waals surface area contributed by atoms with E-state index >= 15 is 0 Å². The SMILES string of the molecule is CCC[C@](C)(OC)[C@H](NC(=O)C(Cl)(Cl)Cl)[C@@H](/C=C/CO)NC(=O)C(Cl)(Cl)Cl. The van der Waals surface area contributed by atoms with Gasteiger partial charge in [0.05, 0.1) is 24.3 Å². The van der Waals surface area contributed by atoms with Crippen LogP contribution in [0.3, 0.4) is 0 Å². The average molecular weight is 507 g/mol. The molecular weight excluding hydrogens is 485 g/mol. The summed E-state index contributed by atoms with van der Waals surface area (Å²) < 4.78 is 1.10. The summed E-state index contributed by atoms with van der Waals surface area (Å²) >= 11 is 33.8. The summed E-state index contributed by atoms with van der Waals surface area (Å²) in [5.41, 5.74) is -0.994. The van der Waals surface area contributed by atoms with E-state index in [4.69, 9.17) is 79.4 Å². The first kappa shape index (κ1) is 27.3. The fourth-order valence-corrected chi connectivity index (χ4v) is 2.74. The number of aliphatic hydroxyl groups excluding tert-OH is 1. The van der Waals surface area contributed by atoms with Crippen molar-refractivity contribution in [2.75, 3.05) is 13.7 Å². The highest BCUT2D eigenvalue weighted by atomic mass is 35.6. The van der Waals surface area contributed by atoms with Crippen LogP contribution in [0.15, 0.2) is 12.2 Å². The standard InChI is InChI=1S/C15H22Cl6N2O4/c1-4-7-13(2,27-3)10(23-12(26)15(19,20)21)9(6-5-8-24)22-11(25)14(16,17)18/h5-6,9-10,24H,4,7-8H2,1-3H3,(H,22,25)(H,23,26)/b6-5+/t9-,10-,13+/m1/s1. The van der Waals surface area contributed by atoms with E-state index in [9.17, 15) is 9.59 Å². The number of hydrogen-bond donors (Lipinski definition) is 3. The van der Waals surface area contributed by atoms with Gasteiger partial charge in [-0.1, -0.05) is 95.1 Å². The minimum Gasteiger partial charge on any atom is -0.392 e. The molecule has 0 aromatic carbocycles. The lowest BCUT2D eigenvalue weighted by Crippen LogP contribution is -2.64. The zero-order valence-corrected chi connectivity index (χ0v) is 19.4. The Bertz CT molecular complexity index is 535. The van der Waals surface area contributed by atoms with Gasteiger partial charge in [-0.2, -0.15) is 0 Å². The summed E-state index contributed by atoms with van der Waals surface area (Å²) in [5, 5.41) is 14.2. The van der Waals surface area contributed by atoms with Gasteiger partial charge in [-0.25, -0.2) is 0 Å². The lowest BCUT2D eigenvalue weighted by molar-refractivity contribution is -0.127. The van der Waals surface area contributed by atoms with E-state index in [-0.39, 0.29) is 6.61 Å². The number of nitrogens with one attached hydrogen (secondary N) is 2. The van der Waals surface area contributed by atoms with Crippen LogP contribution in [0.2, 0.25) is 0 Å². The number of carbonyl (C=O) groups excluding carboxylic acids is 2. The Morgan fingerprint density at radius 2 is 1.56 bits per heavy atom. The fourth-order valence-electron chi connectivity index (χ4n) is 2.41. The number of ether oxygens (including phenoxy) is 1. The number of hydrogen-bond acceptors (Lipinski definition) is 4. The number of halogens is 6. The molecule has 0 bridgehead atoms. The number of aliphatic hydroxyl groups is 1. The first-order valence-corrected chi connectivity index (χ1v) is 10.1. The molecule has 6 nitrogen and oxygen atoms in total. The molecule has 0 rings (SSSR count). The predicted molar refractivity (Wildman–Crippen MR) is 111 cm³/mol. The molecule has 0 fully saturated rings. The maximum absolute atomic E-state index is 12.3. The van der Waals surface area contributed by atoms with Crippen LogP contribution in [0.5, 0.6) is 0 Å². The maximum atomic E-state index is 12.3.